The number of carbonyl (C=O) groups is 1. The molecule has 0 saturated heterocycles. The van der Waals surface area contributed by atoms with Gasteiger partial charge in [0.25, 0.3) is 11.5 Å². The van der Waals surface area contributed by atoms with Gasteiger partial charge in [-0.2, -0.15) is 0 Å². The van der Waals surface area contributed by atoms with E-state index in [2.05, 4.69) is 10.3 Å². The highest BCUT2D eigenvalue weighted by atomic mass is 16.3. The van der Waals surface area contributed by atoms with E-state index in [9.17, 15) is 14.7 Å². The van der Waals surface area contributed by atoms with Crippen LogP contribution in [-0.2, 0) is 19.5 Å². The lowest BCUT2D eigenvalue weighted by molar-refractivity contribution is -0.266. The van der Waals surface area contributed by atoms with Crippen molar-refractivity contribution in [2.75, 3.05) is 0 Å². The molecule has 0 bridgehead atoms. The fourth-order valence-corrected chi connectivity index (χ4v) is 3.18. The molecule has 0 atom stereocenters. The predicted octanol–water partition coefficient (Wildman–Crippen LogP) is 0.956. The zero-order chi connectivity index (χ0) is 16.7. The maximum atomic E-state index is 12.7. The van der Waals surface area contributed by atoms with Crippen molar-refractivity contribution in [1.29, 1.82) is 0 Å². The molecule has 2 aromatic heterocycles. The van der Waals surface area contributed by atoms with E-state index in [0.29, 0.717) is 23.9 Å². The van der Waals surface area contributed by atoms with Gasteiger partial charge in [-0.1, -0.05) is 23.9 Å². The molecule has 0 unspecified atom stereocenters. The van der Waals surface area contributed by atoms with Crippen LogP contribution in [0.2, 0.25) is 0 Å². The summed E-state index contributed by atoms with van der Waals surface area (Å²) in [6.45, 7) is 0.734. The van der Waals surface area contributed by atoms with E-state index in [-0.39, 0.29) is 12.1 Å². The van der Waals surface area contributed by atoms with Crippen molar-refractivity contribution in [3.63, 3.8) is 0 Å². The molecule has 1 N–H and O–H groups in total. The van der Waals surface area contributed by atoms with Gasteiger partial charge in [0.1, 0.15) is 0 Å². The number of hydrogen-bond acceptors (Lipinski definition) is 4. The van der Waals surface area contributed by atoms with E-state index in [4.69, 9.17) is 0 Å². The zero-order valence-electron chi connectivity index (χ0n) is 12.8. The van der Waals surface area contributed by atoms with Gasteiger partial charge in [-0.25, -0.2) is 0 Å². The zero-order valence-corrected chi connectivity index (χ0v) is 12.8. The maximum Gasteiger partial charge on any atom is 0.263 e. The second-order valence-corrected chi connectivity index (χ2v) is 5.76. The lowest BCUT2D eigenvalue weighted by Crippen LogP contribution is -2.33. The van der Waals surface area contributed by atoms with E-state index in [1.165, 1.54) is 4.57 Å². The summed E-state index contributed by atoms with van der Waals surface area (Å²) in [5.74, 6) is -1.13. The first-order valence-electron chi connectivity index (χ1n) is 7.69. The summed E-state index contributed by atoms with van der Waals surface area (Å²) in [7, 11) is 0. The standard InChI is InChI=1S/C18H15N3O3/c22-16-13-3-1-2-12-6-9-21(15(12)13)18(24)14(16)17(23)20-10-11-4-7-19-8-5-11/h1-5,7-8,22H,6,9-10H2,(H,20,23)/p-1. The summed E-state index contributed by atoms with van der Waals surface area (Å²) in [4.78, 5) is 29.0. The van der Waals surface area contributed by atoms with Gasteiger partial charge in [-0.15, -0.1) is 0 Å². The molecule has 0 radical (unpaired) electrons. The van der Waals surface area contributed by atoms with E-state index in [1.807, 2.05) is 6.07 Å². The van der Waals surface area contributed by atoms with Crippen LogP contribution in [0, 0.1) is 0 Å². The van der Waals surface area contributed by atoms with Gasteiger partial charge in [0.2, 0.25) is 0 Å². The van der Waals surface area contributed by atoms with Gasteiger partial charge in [-0.05, 0) is 35.1 Å². The monoisotopic (exact) mass is 320 g/mol. The van der Waals surface area contributed by atoms with Crippen molar-refractivity contribution in [1.82, 2.24) is 14.9 Å². The van der Waals surface area contributed by atoms with Crippen LogP contribution in [-0.4, -0.2) is 15.5 Å². The Morgan fingerprint density at radius 1 is 1.25 bits per heavy atom. The fourth-order valence-electron chi connectivity index (χ4n) is 3.18. The SMILES string of the molecule is O=C(NCc1ccncc1)c1c([O-])c2cccc3c2n(c1=O)CC3. The van der Waals surface area contributed by atoms with Gasteiger partial charge in [0.05, 0.1) is 11.1 Å². The quantitative estimate of drug-likeness (QED) is 0.778. The number of nitrogens with zero attached hydrogens (tertiary/aromatic N) is 2. The minimum absolute atomic E-state index is 0.234. The van der Waals surface area contributed by atoms with Crippen LogP contribution in [0.3, 0.4) is 0 Å². The lowest BCUT2D eigenvalue weighted by atomic mass is 10.1. The van der Waals surface area contributed by atoms with Crippen LogP contribution in [0.25, 0.3) is 10.9 Å². The van der Waals surface area contributed by atoms with Gasteiger partial charge in [0.15, 0.2) is 0 Å². The summed E-state index contributed by atoms with van der Waals surface area (Å²) >= 11 is 0. The van der Waals surface area contributed by atoms with Crippen molar-refractivity contribution in [2.45, 2.75) is 19.5 Å². The molecule has 3 aromatic rings. The average molecular weight is 320 g/mol. The highest BCUT2D eigenvalue weighted by Gasteiger charge is 2.22. The van der Waals surface area contributed by atoms with Crippen LogP contribution >= 0.6 is 0 Å². The molecule has 4 rings (SSSR count). The number of aryl methyl sites for hydroxylation is 2. The summed E-state index contributed by atoms with van der Waals surface area (Å²) in [6.07, 6.45) is 3.94. The first-order valence-corrected chi connectivity index (χ1v) is 7.69. The second kappa shape index (κ2) is 5.49. The Bertz CT molecular complexity index is 1010. The number of nitrogens with one attached hydrogen (secondary N) is 1. The molecular formula is C18H14N3O3-. The van der Waals surface area contributed by atoms with Gasteiger partial charge in [-0.3, -0.25) is 14.6 Å². The molecule has 6 nitrogen and oxygen atoms in total. The molecule has 0 fully saturated rings. The van der Waals surface area contributed by atoms with Crippen LogP contribution < -0.4 is 16.0 Å². The molecular weight excluding hydrogens is 306 g/mol. The predicted molar refractivity (Wildman–Crippen MR) is 86.8 cm³/mol. The van der Waals surface area contributed by atoms with Crippen molar-refractivity contribution in [3.8, 4) is 5.75 Å². The number of benzene rings is 1. The molecule has 6 heteroatoms. The summed E-state index contributed by atoms with van der Waals surface area (Å²) in [6, 6.07) is 8.89. The number of amides is 1. The van der Waals surface area contributed by atoms with Gasteiger partial charge >= 0.3 is 0 Å². The fraction of sp³-hybridized carbons (Fsp3) is 0.167. The van der Waals surface area contributed by atoms with Crippen molar-refractivity contribution >= 4 is 16.8 Å². The Morgan fingerprint density at radius 3 is 2.83 bits per heavy atom. The molecule has 1 aromatic carbocycles. The third-order valence-electron chi connectivity index (χ3n) is 4.35. The summed E-state index contributed by atoms with van der Waals surface area (Å²) < 4.78 is 1.54. The summed E-state index contributed by atoms with van der Waals surface area (Å²) in [5.41, 5.74) is 1.67. The molecule has 0 aliphatic carbocycles. The third kappa shape index (κ3) is 2.15. The maximum absolute atomic E-state index is 12.7. The minimum Gasteiger partial charge on any atom is -0.871 e. The number of para-hydroxylation sites is 1. The number of aromatic nitrogens is 2. The average Bonchev–Trinajstić information content (AvgIpc) is 3.04. The van der Waals surface area contributed by atoms with E-state index >= 15 is 0 Å². The Labute approximate surface area is 137 Å². The first-order chi connectivity index (χ1) is 11.7. The Kier molecular flexibility index (Phi) is 3.30. The third-order valence-corrected chi connectivity index (χ3v) is 4.35. The Morgan fingerprint density at radius 2 is 2.04 bits per heavy atom. The molecule has 1 aliphatic rings. The van der Waals surface area contributed by atoms with E-state index < -0.39 is 17.2 Å². The Hall–Kier alpha value is -3.15. The highest BCUT2D eigenvalue weighted by molar-refractivity contribution is 6.02. The van der Waals surface area contributed by atoms with E-state index in [0.717, 1.165) is 11.1 Å². The second-order valence-electron chi connectivity index (χ2n) is 5.76. The molecule has 120 valence electrons. The number of pyridine rings is 2. The van der Waals surface area contributed by atoms with Crippen LogP contribution in [0.15, 0.2) is 47.5 Å². The first kappa shape index (κ1) is 14.4. The van der Waals surface area contributed by atoms with Crippen molar-refractivity contribution in [3.05, 3.63) is 69.8 Å². The van der Waals surface area contributed by atoms with Crippen molar-refractivity contribution in [2.24, 2.45) is 0 Å². The van der Waals surface area contributed by atoms with Crippen LogP contribution in [0.4, 0.5) is 0 Å². The molecule has 0 saturated carbocycles. The van der Waals surface area contributed by atoms with Gasteiger partial charge < -0.3 is 15.0 Å². The minimum atomic E-state index is -0.634. The molecule has 0 spiro atoms. The normalized spacial score (nSPS) is 12.5. The van der Waals surface area contributed by atoms with Gasteiger partial charge in [0, 0.05) is 25.5 Å². The van der Waals surface area contributed by atoms with Crippen molar-refractivity contribution < 1.29 is 9.90 Å². The topological polar surface area (TPSA) is 87.0 Å². The molecule has 3 heterocycles. The molecule has 1 amide bonds. The van der Waals surface area contributed by atoms with Crippen LogP contribution in [0.5, 0.6) is 5.75 Å². The largest absolute Gasteiger partial charge is 0.871 e. The highest BCUT2D eigenvalue weighted by Crippen LogP contribution is 2.30. The molecule has 1 aliphatic heterocycles. The number of rotatable bonds is 3. The smallest absolute Gasteiger partial charge is 0.263 e. The molecule has 24 heavy (non-hydrogen) atoms. The number of carbonyl (C=O) groups excluding carboxylic acids is 1. The lowest BCUT2D eigenvalue weighted by Gasteiger charge is -2.18. The van der Waals surface area contributed by atoms with Crippen LogP contribution in [0.1, 0.15) is 21.5 Å². The van der Waals surface area contributed by atoms with E-state index in [1.54, 1.807) is 36.7 Å². The summed E-state index contributed by atoms with van der Waals surface area (Å²) in [5, 5.41) is 15.7. The Balaban J connectivity index is 1.75. The number of hydrogen-bond donors (Lipinski definition) is 1.